The second-order valence-corrected chi connectivity index (χ2v) is 7.01. The van der Waals surface area contributed by atoms with Crippen LogP contribution in [0.2, 0.25) is 0 Å². The molecule has 3 heterocycles. The molecule has 4 atom stereocenters. The monoisotopic (exact) mass is 384 g/mol. The van der Waals surface area contributed by atoms with Gasteiger partial charge in [0.1, 0.15) is 23.7 Å². The van der Waals surface area contributed by atoms with E-state index in [9.17, 15) is 9.90 Å². The van der Waals surface area contributed by atoms with Gasteiger partial charge in [0.05, 0.1) is 31.5 Å². The first-order valence-corrected chi connectivity index (χ1v) is 9.51. The molecule has 28 heavy (non-hydrogen) atoms. The summed E-state index contributed by atoms with van der Waals surface area (Å²) in [6.45, 7) is 2.63. The van der Waals surface area contributed by atoms with E-state index in [2.05, 4.69) is 20.2 Å². The summed E-state index contributed by atoms with van der Waals surface area (Å²) in [5, 5.41) is 14.1. The molecular formula is C20H24N4O4. The maximum absolute atomic E-state index is 12.7. The van der Waals surface area contributed by atoms with E-state index in [-0.39, 0.29) is 18.0 Å². The summed E-state index contributed by atoms with van der Waals surface area (Å²) in [5.41, 5.74) is 0.356. The number of aromatic nitrogens is 2. The Hall–Kier alpha value is -2.55. The van der Waals surface area contributed by atoms with Crippen LogP contribution in [0.1, 0.15) is 16.9 Å². The van der Waals surface area contributed by atoms with Gasteiger partial charge in [0.2, 0.25) is 0 Å². The lowest BCUT2D eigenvalue weighted by Crippen LogP contribution is -2.56. The zero-order valence-corrected chi connectivity index (χ0v) is 15.5. The molecule has 2 aromatic rings. The summed E-state index contributed by atoms with van der Waals surface area (Å²) in [5.74, 6) is 0.349. The molecule has 0 unspecified atom stereocenters. The number of carbonyl (C=O) groups is 1. The van der Waals surface area contributed by atoms with Gasteiger partial charge in [0, 0.05) is 31.9 Å². The summed E-state index contributed by atoms with van der Waals surface area (Å²) >= 11 is 0. The normalized spacial score (nSPS) is 28.0. The van der Waals surface area contributed by atoms with Crippen molar-refractivity contribution in [2.24, 2.45) is 0 Å². The van der Waals surface area contributed by atoms with Crippen molar-refractivity contribution in [1.82, 2.24) is 20.2 Å². The Kier molecular flexibility index (Phi) is 5.80. The molecule has 8 heteroatoms. The number of aliphatic hydroxyl groups is 1. The van der Waals surface area contributed by atoms with E-state index in [0.717, 1.165) is 0 Å². The van der Waals surface area contributed by atoms with Crippen LogP contribution in [0.5, 0.6) is 5.75 Å². The average Bonchev–Trinajstić information content (AvgIpc) is 3.04. The molecule has 0 aromatic carbocycles. The van der Waals surface area contributed by atoms with Gasteiger partial charge < -0.3 is 19.9 Å². The minimum atomic E-state index is -0.743. The first-order valence-electron chi connectivity index (χ1n) is 9.51. The number of rotatable bonds is 5. The van der Waals surface area contributed by atoms with Crippen molar-refractivity contribution in [2.75, 3.05) is 26.3 Å². The number of hydrogen-bond acceptors (Lipinski definition) is 7. The lowest BCUT2D eigenvalue weighted by Gasteiger charge is -2.37. The van der Waals surface area contributed by atoms with Gasteiger partial charge in [-0.15, -0.1) is 0 Å². The molecule has 1 amide bonds. The van der Waals surface area contributed by atoms with E-state index in [1.54, 1.807) is 42.9 Å². The van der Waals surface area contributed by atoms with Crippen LogP contribution in [0.4, 0.5) is 0 Å². The third kappa shape index (κ3) is 4.14. The largest absolute Gasteiger partial charge is 0.486 e. The predicted molar refractivity (Wildman–Crippen MR) is 101 cm³/mol. The van der Waals surface area contributed by atoms with Gasteiger partial charge in [-0.3, -0.25) is 19.7 Å². The van der Waals surface area contributed by atoms with Crippen LogP contribution in [-0.4, -0.2) is 76.5 Å². The molecule has 0 spiro atoms. The van der Waals surface area contributed by atoms with Gasteiger partial charge in [0.25, 0.3) is 5.91 Å². The number of hydrogen-bond donors (Lipinski definition) is 2. The van der Waals surface area contributed by atoms with Crippen LogP contribution in [0.15, 0.2) is 48.9 Å². The van der Waals surface area contributed by atoms with E-state index < -0.39 is 12.2 Å². The minimum Gasteiger partial charge on any atom is -0.486 e. The average molecular weight is 384 g/mol. The molecule has 2 aliphatic rings. The second-order valence-electron chi connectivity index (χ2n) is 7.01. The van der Waals surface area contributed by atoms with E-state index in [1.165, 1.54) is 0 Å². The Bertz CT molecular complexity index is 770. The summed E-state index contributed by atoms with van der Waals surface area (Å²) in [7, 11) is 0. The van der Waals surface area contributed by atoms with E-state index in [0.29, 0.717) is 44.2 Å². The molecule has 1 aliphatic carbocycles. The molecule has 148 valence electrons. The molecule has 2 aromatic heterocycles. The van der Waals surface area contributed by atoms with Crippen molar-refractivity contribution < 1.29 is 19.4 Å². The van der Waals surface area contributed by atoms with Gasteiger partial charge in [-0.2, -0.15) is 0 Å². The van der Waals surface area contributed by atoms with E-state index in [1.807, 2.05) is 6.07 Å². The maximum atomic E-state index is 12.7. The number of morpholine rings is 1. The van der Waals surface area contributed by atoms with Crippen molar-refractivity contribution in [3.63, 3.8) is 0 Å². The fourth-order valence-electron chi connectivity index (χ4n) is 3.93. The number of carbonyl (C=O) groups excluding carboxylic acids is 1. The minimum absolute atomic E-state index is 0.252. The Morgan fingerprint density at radius 2 is 2.07 bits per heavy atom. The van der Waals surface area contributed by atoms with Gasteiger partial charge in [0.15, 0.2) is 0 Å². The van der Waals surface area contributed by atoms with Gasteiger partial charge >= 0.3 is 0 Å². The third-order valence-corrected chi connectivity index (χ3v) is 5.23. The first kappa shape index (κ1) is 18.8. The van der Waals surface area contributed by atoms with Gasteiger partial charge in [-0.1, -0.05) is 6.07 Å². The number of ether oxygens (including phenoxy) is 2. The van der Waals surface area contributed by atoms with Crippen molar-refractivity contribution in [3.05, 3.63) is 54.6 Å². The number of nitrogens with zero attached hydrogens (tertiary/aromatic N) is 3. The highest BCUT2D eigenvalue weighted by Gasteiger charge is 2.47. The molecule has 1 saturated heterocycles. The Balaban J connectivity index is 1.52. The molecule has 2 fully saturated rings. The molecule has 0 radical (unpaired) electrons. The molecule has 1 saturated carbocycles. The fourth-order valence-corrected chi connectivity index (χ4v) is 3.93. The van der Waals surface area contributed by atoms with Crippen molar-refractivity contribution in [3.8, 4) is 5.75 Å². The smallest absolute Gasteiger partial charge is 0.270 e. The van der Waals surface area contributed by atoms with Crippen LogP contribution < -0.4 is 10.1 Å². The second kappa shape index (κ2) is 8.64. The van der Waals surface area contributed by atoms with Crippen molar-refractivity contribution in [2.45, 2.75) is 30.7 Å². The standard InChI is InChI=1S/C20H24N4O4/c25-19-17(28-14-4-3-6-21-13-14)12-16(18(19)24-8-10-27-11-9-24)23-20(26)15-5-1-2-7-22-15/h1-7,13,16-19,25H,8-12H2,(H,23,26)/t16-,17-,18+,19+/m1/s1. The lowest BCUT2D eigenvalue weighted by atomic mass is 10.1. The number of nitrogens with one attached hydrogen (secondary N) is 1. The van der Waals surface area contributed by atoms with Gasteiger partial charge in [-0.05, 0) is 24.3 Å². The van der Waals surface area contributed by atoms with Gasteiger partial charge in [-0.25, -0.2) is 0 Å². The quantitative estimate of drug-likeness (QED) is 0.774. The lowest BCUT2D eigenvalue weighted by molar-refractivity contribution is -0.0350. The Morgan fingerprint density at radius 3 is 2.79 bits per heavy atom. The number of pyridine rings is 2. The predicted octanol–water partition coefficient (Wildman–Crippen LogP) is 0.488. The zero-order valence-electron chi connectivity index (χ0n) is 15.5. The Morgan fingerprint density at radius 1 is 1.21 bits per heavy atom. The summed E-state index contributed by atoms with van der Waals surface area (Å²) in [4.78, 5) is 23.0. The van der Waals surface area contributed by atoms with Crippen molar-refractivity contribution >= 4 is 5.91 Å². The van der Waals surface area contributed by atoms with Crippen LogP contribution >= 0.6 is 0 Å². The van der Waals surface area contributed by atoms with Crippen LogP contribution in [0, 0.1) is 0 Å². The molecule has 4 rings (SSSR count). The highest BCUT2D eigenvalue weighted by atomic mass is 16.5. The highest BCUT2D eigenvalue weighted by molar-refractivity contribution is 5.92. The summed E-state index contributed by atoms with van der Waals surface area (Å²) < 4.78 is 11.4. The number of aliphatic hydroxyl groups excluding tert-OH is 1. The summed E-state index contributed by atoms with van der Waals surface area (Å²) in [6, 6.07) is 8.31. The molecule has 0 bridgehead atoms. The number of amides is 1. The van der Waals surface area contributed by atoms with Crippen LogP contribution in [-0.2, 0) is 4.74 Å². The van der Waals surface area contributed by atoms with Crippen molar-refractivity contribution in [1.29, 1.82) is 0 Å². The topological polar surface area (TPSA) is 96.8 Å². The first-order chi connectivity index (χ1) is 13.7. The third-order valence-electron chi connectivity index (χ3n) is 5.23. The van der Waals surface area contributed by atoms with Crippen LogP contribution in [0.3, 0.4) is 0 Å². The van der Waals surface area contributed by atoms with E-state index in [4.69, 9.17) is 9.47 Å². The zero-order chi connectivity index (χ0) is 19.3. The highest BCUT2D eigenvalue weighted by Crippen LogP contribution is 2.30. The Labute approximate surface area is 163 Å². The van der Waals surface area contributed by atoms with Crippen LogP contribution in [0.25, 0.3) is 0 Å². The van der Waals surface area contributed by atoms with E-state index >= 15 is 0 Å². The SMILES string of the molecule is O=C(N[C@@H]1C[C@@H](Oc2cccnc2)[C@H](O)[C@H]1N1CCOCC1)c1ccccn1. The molecular weight excluding hydrogens is 360 g/mol. The maximum Gasteiger partial charge on any atom is 0.270 e. The molecule has 8 nitrogen and oxygen atoms in total. The molecule has 1 aliphatic heterocycles. The fraction of sp³-hybridized carbons (Fsp3) is 0.450. The molecule has 2 N–H and O–H groups in total. The summed E-state index contributed by atoms with van der Waals surface area (Å²) in [6.07, 6.45) is 4.20.